The summed E-state index contributed by atoms with van der Waals surface area (Å²) in [4.78, 5) is 83.0. The molecule has 0 saturated heterocycles. The second-order valence-electron chi connectivity index (χ2n) is 34.7. The topological polar surface area (TPSA) is 180 Å². The van der Waals surface area contributed by atoms with Gasteiger partial charge in [-0.1, -0.05) is 342 Å². The van der Waals surface area contributed by atoms with Gasteiger partial charge in [-0.05, 0) is 131 Å². The lowest BCUT2D eigenvalue weighted by molar-refractivity contribution is -0.120. The lowest BCUT2D eigenvalue weighted by Crippen LogP contribution is -2.47. The number of fused-ring (bicyclic) bond motifs is 5. The first-order chi connectivity index (χ1) is 63.8. The number of alkyl halides is 1. The average molecular weight is 1820 g/mol. The largest absolute Gasteiger partial charge is 0.431 e. The first kappa shape index (κ1) is 105. The van der Waals surface area contributed by atoms with Gasteiger partial charge in [0, 0.05) is 146 Å². The molecule has 0 N–H and O–H groups in total. The number of hydrogen-bond donors (Lipinski definition) is 0. The highest BCUT2D eigenvalue weighted by Crippen LogP contribution is 2.51. The van der Waals surface area contributed by atoms with Gasteiger partial charge in [0.05, 0.1) is 11.1 Å². The molecule has 10 aromatic rings. The van der Waals surface area contributed by atoms with Gasteiger partial charge in [-0.25, -0.2) is 4.79 Å². The number of unbranched alkanes of at least 4 members (excludes halogenated alkanes) is 4. The molecule has 4 amide bonds. The van der Waals surface area contributed by atoms with Crippen LogP contribution in [0.15, 0.2) is 298 Å². The quantitative estimate of drug-likeness (QED) is 0.00689. The predicted molar refractivity (Wildman–Crippen MR) is 533 cm³/mol. The third-order valence-corrected chi connectivity index (χ3v) is 29.9. The first-order valence-electron chi connectivity index (χ1n) is 47.0. The molecular formula is C113H139ClN4O13Si. The van der Waals surface area contributed by atoms with Crippen LogP contribution < -0.4 is 0 Å². The number of carbonyl (C=O) groups is 6. The molecule has 0 aliphatic carbocycles. The van der Waals surface area contributed by atoms with E-state index in [1.165, 1.54) is 0 Å². The van der Waals surface area contributed by atoms with E-state index in [-0.39, 0.29) is 40.9 Å². The summed E-state index contributed by atoms with van der Waals surface area (Å²) in [5.41, 5.74) is 9.89. The van der Waals surface area contributed by atoms with Gasteiger partial charge < -0.3 is 57.2 Å². The van der Waals surface area contributed by atoms with Crippen LogP contribution in [-0.4, -0.2) is 137 Å². The fourth-order valence-electron chi connectivity index (χ4n) is 16.9. The van der Waals surface area contributed by atoms with Gasteiger partial charge >= 0.3 is 5.97 Å². The maximum absolute atomic E-state index is 13.3. The minimum atomic E-state index is -1.71. The van der Waals surface area contributed by atoms with Crippen molar-refractivity contribution in [1.82, 2.24) is 19.6 Å². The molecule has 0 bridgehead atoms. The van der Waals surface area contributed by atoms with E-state index in [0.717, 1.165) is 151 Å². The number of methoxy groups -OCH3 is 2. The summed E-state index contributed by atoms with van der Waals surface area (Å²) in [6.45, 7) is 38.0. The molecule has 700 valence electrons. The molecule has 10 aromatic carbocycles. The molecule has 5 aliphatic heterocycles. The van der Waals surface area contributed by atoms with E-state index in [1.54, 1.807) is 31.3 Å². The van der Waals surface area contributed by atoms with Crippen molar-refractivity contribution in [3.05, 3.63) is 382 Å². The van der Waals surface area contributed by atoms with Crippen LogP contribution in [0.4, 0.5) is 0 Å². The SMILES string of the molecule is C=CCC.C=CCC.CC1(c2ccccc2)c2ccccc2C(=O)N1CCCCO[Si](C)(C)C(C)(C)C.CCCCCN1C(=O)c2ccccc2C1(OCCC)c1ccccc1.CCCOC1(c2ccccc2)c2ccccc2C(=O)N1CCCC(OC)OC.CCCOC1(c2ccccc2)c2ccccc2C(=O)N1CCCC=O.O=C1OC(Cl)(c2ccccc2)c2ccccc21. The highest BCUT2D eigenvalue weighted by Gasteiger charge is 2.56. The molecular weight excluding hydrogens is 1680 g/mol. The number of esters is 1. The third kappa shape index (κ3) is 23.8. The number of cyclic esters (lactones) is 1. The first-order valence-corrected chi connectivity index (χ1v) is 50.3. The molecule has 17 nitrogen and oxygen atoms in total. The average Bonchev–Trinajstić information content (AvgIpc) is 1.58. The van der Waals surface area contributed by atoms with E-state index >= 15 is 0 Å². The zero-order valence-corrected chi connectivity index (χ0v) is 82.0. The monoisotopic (exact) mass is 1820 g/mol. The third-order valence-electron chi connectivity index (χ3n) is 24.8. The Morgan fingerprint density at radius 1 is 0.386 bits per heavy atom. The van der Waals surface area contributed by atoms with Crippen molar-refractivity contribution in [1.29, 1.82) is 0 Å². The Labute approximate surface area is 792 Å². The van der Waals surface area contributed by atoms with E-state index in [0.29, 0.717) is 81.0 Å². The Bertz CT molecular complexity index is 5300. The van der Waals surface area contributed by atoms with E-state index in [9.17, 15) is 28.8 Å². The smallest absolute Gasteiger partial charge is 0.340 e. The standard InChI is InChI=1S/C25H35NO2Si.C23H29NO4.C22H27NO2.C21H23NO3.C14H9ClO2.2C4H8/c1-24(2,3)29(5,6)28-19-13-12-18-26-23(27)21-16-10-11-17-22(21)25(26,4)20-14-8-7-9-15-20;1-4-17-28-23(18-11-6-5-7-12-18)20-14-9-8-13-19(20)22(25)24(23)16-10-15-21(26-2)27-3;1-3-5-11-16-23-21(24)19-14-9-10-15-20(19)22(23,25-17-4-2)18-12-7-6-8-13-18;1-2-16-25-21(17-10-4-3-5-11-17)19-13-7-6-12-18(19)20(24)22(21)14-8-9-15-23;15-14(10-6-2-1-3-7-10)12-9-5-4-8-11(12)13(16)17-14;2*1-3-4-2/h7-11,14-17H,12-13,18-19H2,1-6H3;5-9,11-14,21H,4,10,15-17H2,1-3H3;6-10,12-15H,3-5,11,16-17H2,1-2H3;3-7,10-13,15H,2,8-9,14,16H2,1H3;1-9H;2*3H,1,4H2,2H3. The van der Waals surface area contributed by atoms with Crippen molar-refractivity contribution < 1.29 is 61.6 Å². The maximum atomic E-state index is 13.3. The van der Waals surface area contributed by atoms with E-state index < -0.39 is 36.1 Å². The molecule has 5 atom stereocenters. The lowest BCUT2D eigenvalue weighted by atomic mass is 9.84. The highest BCUT2D eigenvalue weighted by molar-refractivity contribution is 6.74. The van der Waals surface area contributed by atoms with E-state index in [4.69, 9.17) is 44.4 Å². The Hall–Kier alpha value is -11.0. The highest BCUT2D eigenvalue weighted by atomic mass is 35.5. The molecule has 0 saturated carbocycles. The second kappa shape index (κ2) is 50.7. The van der Waals surface area contributed by atoms with Crippen LogP contribution in [0.25, 0.3) is 0 Å². The number of rotatable bonds is 36. The van der Waals surface area contributed by atoms with Gasteiger partial charge in [-0.2, -0.15) is 0 Å². The van der Waals surface area contributed by atoms with Crippen LogP contribution in [0, 0.1) is 0 Å². The van der Waals surface area contributed by atoms with Crippen molar-refractivity contribution in [2.45, 2.75) is 211 Å². The molecule has 15 rings (SSSR count). The van der Waals surface area contributed by atoms with Gasteiger partial charge in [0.15, 0.2) is 31.8 Å². The summed E-state index contributed by atoms with van der Waals surface area (Å²) in [5.74, 6) is -0.202. The van der Waals surface area contributed by atoms with Crippen LogP contribution in [0.2, 0.25) is 18.1 Å². The van der Waals surface area contributed by atoms with Crippen LogP contribution in [0.1, 0.15) is 267 Å². The number of halogens is 1. The Morgan fingerprint density at radius 3 is 1.06 bits per heavy atom. The number of carbonyl (C=O) groups excluding carboxylic acids is 6. The molecule has 5 aliphatic rings. The summed E-state index contributed by atoms with van der Waals surface area (Å²) >= 11 is 6.48. The molecule has 0 fully saturated rings. The van der Waals surface area contributed by atoms with Gasteiger partial charge in [-0.15, -0.1) is 13.2 Å². The maximum Gasteiger partial charge on any atom is 0.340 e. The van der Waals surface area contributed by atoms with Crippen molar-refractivity contribution in [2.75, 3.05) is 66.8 Å². The second-order valence-corrected chi connectivity index (χ2v) is 40.0. The fourth-order valence-corrected chi connectivity index (χ4v) is 18.4. The van der Waals surface area contributed by atoms with Crippen molar-refractivity contribution >= 4 is 55.8 Å². The summed E-state index contributed by atoms with van der Waals surface area (Å²) in [7, 11) is 1.54. The van der Waals surface area contributed by atoms with Crippen molar-refractivity contribution in [3.63, 3.8) is 0 Å². The zero-order valence-electron chi connectivity index (χ0n) is 80.2. The summed E-state index contributed by atoms with van der Waals surface area (Å²) in [5, 5.41) is -0.958. The molecule has 0 spiro atoms. The fraction of sp³-hybridized carbons (Fsp3) is 0.381. The van der Waals surface area contributed by atoms with Crippen LogP contribution >= 0.6 is 11.6 Å². The molecule has 5 heterocycles. The normalized spacial score (nSPS) is 18.7. The van der Waals surface area contributed by atoms with Gasteiger partial charge in [0.25, 0.3) is 23.6 Å². The minimum absolute atomic E-state index is 0.00180. The summed E-state index contributed by atoms with van der Waals surface area (Å²) in [6.07, 6.45) is 16.8. The molecule has 5 unspecified atom stereocenters. The zero-order chi connectivity index (χ0) is 95.4. The number of hydrogen-bond acceptors (Lipinski definition) is 13. The van der Waals surface area contributed by atoms with Gasteiger partial charge in [0.1, 0.15) is 6.29 Å². The molecule has 0 radical (unpaired) electrons. The number of benzene rings is 10. The van der Waals surface area contributed by atoms with Crippen molar-refractivity contribution in [2.24, 2.45) is 0 Å². The molecule has 19 heteroatoms. The van der Waals surface area contributed by atoms with Gasteiger partial charge in [-0.3, -0.25) is 19.2 Å². The lowest BCUT2D eigenvalue weighted by Gasteiger charge is -2.39. The molecule has 132 heavy (non-hydrogen) atoms. The predicted octanol–water partition coefficient (Wildman–Crippen LogP) is 25.5. The Morgan fingerprint density at radius 2 is 0.697 bits per heavy atom. The number of ether oxygens (including phenoxy) is 6. The molecule has 0 aromatic heterocycles. The van der Waals surface area contributed by atoms with E-state index in [1.807, 2.05) is 240 Å². The summed E-state index contributed by atoms with van der Waals surface area (Å²) in [6, 6.07) is 88.3. The Kier molecular flexibility index (Phi) is 40.2. The minimum Gasteiger partial charge on any atom is -0.431 e. The van der Waals surface area contributed by atoms with Crippen LogP contribution in [0.5, 0.6) is 0 Å². The number of aldehydes is 1. The van der Waals surface area contributed by atoms with Gasteiger partial charge in [0.2, 0.25) is 5.06 Å². The number of amides is 4. The number of nitrogens with zero attached hydrogens (tertiary/aromatic N) is 4. The van der Waals surface area contributed by atoms with Crippen molar-refractivity contribution in [3.8, 4) is 0 Å². The van der Waals surface area contributed by atoms with Crippen LogP contribution in [-0.2, 0) is 65.4 Å². The van der Waals surface area contributed by atoms with Crippen LogP contribution in [0.3, 0.4) is 0 Å². The summed E-state index contributed by atoms with van der Waals surface area (Å²) < 4.78 is 41.6. The Balaban J connectivity index is 0.000000183. The number of allylic oxidation sites excluding steroid dienone is 2. The van der Waals surface area contributed by atoms with E-state index in [2.05, 4.69) is 143 Å².